The monoisotopic (exact) mass is 387 g/mol. The van der Waals surface area contributed by atoms with Gasteiger partial charge in [-0.2, -0.15) is 0 Å². The first kappa shape index (κ1) is 13.3. The molecule has 0 aliphatic carbocycles. The zero-order chi connectivity index (χ0) is 11.8. The molecular weight excluding hydrogens is 386 g/mol. The zero-order valence-electron chi connectivity index (χ0n) is 6.72. The van der Waals surface area contributed by atoms with E-state index in [-0.39, 0.29) is 8.72 Å². The van der Waals surface area contributed by atoms with Crippen molar-refractivity contribution in [2.75, 3.05) is 0 Å². The van der Waals surface area contributed by atoms with E-state index in [0.29, 0.717) is 0 Å². The van der Waals surface area contributed by atoms with Crippen molar-refractivity contribution in [2.45, 2.75) is 11.5 Å². The average Bonchev–Trinajstić information content (AvgIpc) is 1.99. The van der Waals surface area contributed by atoms with Gasteiger partial charge in [0.15, 0.2) is 5.03 Å². The summed E-state index contributed by atoms with van der Waals surface area (Å²) in [4.78, 5) is 3.29. The third-order valence-electron chi connectivity index (χ3n) is 1.39. The predicted molar refractivity (Wildman–Crippen MR) is 60.0 cm³/mol. The number of nitrogens with zero attached hydrogens (tertiary/aromatic N) is 1. The lowest BCUT2D eigenvalue weighted by Crippen LogP contribution is -2.05. The summed E-state index contributed by atoms with van der Waals surface area (Å²) in [7, 11) is 0.635. The summed E-state index contributed by atoms with van der Waals surface area (Å²) in [5.41, 5.74) is -0.727. The molecule has 0 N–H and O–H groups in total. The van der Waals surface area contributed by atoms with Crippen molar-refractivity contribution >= 4 is 53.9 Å². The topological polar surface area (TPSA) is 47.0 Å². The second-order valence-electron chi connectivity index (χ2n) is 2.38. The van der Waals surface area contributed by atoms with Gasteiger partial charge in [0.2, 0.25) is 0 Å². The summed E-state index contributed by atoms with van der Waals surface area (Å²) in [5, 5.41) is -1.10. The lowest BCUT2D eigenvalue weighted by molar-refractivity contribution is 0.146. The SMILES string of the molecule is O=S(=O)(Cl)c1nc(Cl)cc(I)c1C(F)F. The molecule has 0 aromatic carbocycles. The molecule has 84 valence electrons. The fourth-order valence-corrected chi connectivity index (χ4v) is 3.28. The van der Waals surface area contributed by atoms with Crippen molar-refractivity contribution in [1.29, 1.82) is 0 Å². The third kappa shape index (κ3) is 3.11. The molecule has 1 rings (SSSR count). The van der Waals surface area contributed by atoms with E-state index in [1.807, 2.05) is 0 Å². The van der Waals surface area contributed by atoms with Gasteiger partial charge in [0.1, 0.15) is 5.15 Å². The largest absolute Gasteiger partial charge is 0.279 e. The van der Waals surface area contributed by atoms with E-state index in [2.05, 4.69) is 4.98 Å². The van der Waals surface area contributed by atoms with Gasteiger partial charge in [-0.25, -0.2) is 22.2 Å². The summed E-state index contributed by atoms with van der Waals surface area (Å²) in [6.45, 7) is 0. The van der Waals surface area contributed by atoms with Crippen LogP contribution in [0.5, 0.6) is 0 Å². The Kier molecular flexibility index (Phi) is 4.13. The lowest BCUT2D eigenvalue weighted by atomic mass is 10.3. The molecule has 0 radical (unpaired) electrons. The van der Waals surface area contributed by atoms with Crippen molar-refractivity contribution < 1.29 is 17.2 Å². The van der Waals surface area contributed by atoms with E-state index in [9.17, 15) is 17.2 Å². The number of halogens is 5. The van der Waals surface area contributed by atoms with Crippen LogP contribution in [-0.2, 0) is 9.05 Å². The van der Waals surface area contributed by atoms with Gasteiger partial charge in [0, 0.05) is 14.3 Å². The molecular formula is C6H2Cl2F2INO2S. The van der Waals surface area contributed by atoms with Crippen molar-refractivity contribution in [3.63, 3.8) is 0 Å². The first-order chi connectivity index (χ1) is 6.73. The molecule has 0 fully saturated rings. The Bertz CT molecular complexity index is 494. The Labute approximate surface area is 107 Å². The summed E-state index contributed by atoms with van der Waals surface area (Å²) in [6, 6.07) is 1.13. The van der Waals surface area contributed by atoms with Gasteiger partial charge in [-0.3, -0.25) is 0 Å². The van der Waals surface area contributed by atoms with Crippen LogP contribution in [0.2, 0.25) is 5.15 Å². The van der Waals surface area contributed by atoms with Crippen LogP contribution >= 0.6 is 44.9 Å². The molecule has 0 spiro atoms. The molecule has 1 aromatic rings. The minimum absolute atomic E-state index is 0.00169. The Balaban J connectivity index is 3.62. The molecule has 1 aromatic heterocycles. The molecule has 0 atom stereocenters. The summed E-state index contributed by atoms with van der Waals surface area (Å²) in [6.07, 6.45) is -2.98. The zero-order valence-corrected chi connectivity index (χ0v) is 11.2. The first-order valence-corrected chi connectivity index (χ1v) is 7.09. The minimum Gasteiger partial charge on any atom is -0.223 e. The van der Waals surface area contributed by atoms with Gasteiger partial charge in [0.05, 0.1) is 5.56 Å². The maximum Gasteiger partial charge on any atom is 0.279 e. The van der Waals surface area contributed by atoms with E-state index >= 15 is 0 Å². The molecule has 0 unspecified atom stereocenters. The molecule has 9 heteroatoms. The van der Waals surface area contributed by atoms with Gasteiger partial charge < -0.3 is 0 Å². The van der Waals surface area contributed by atoms with Crippen LogP contribution in [0.15, 0.2) is 11.1 Å². The maximum atomic E-state index is 12.5. The second kappa shape index (κ2) is 4.64. The highest BCUT2D eigenvalue weighted by Gasteiger charge is 2.26. The van der Waals surface area contributed by atoms with Gasteiger partial charge in [-0.05, 0) is 28.7 Å². The molecule has 0 saturated carbocycles. The smallest absolute Gasteiger partial charge is 0.223 e. The van der Waals surface area contributed by atoms with Crippen molar-refractivity contribution in [3.05, 3.63) is 20.4 Å². The van der Waals surface area contributed by atoms with Gasteiger partial charge >= 0.3 is 0 Å². The van der Waals surface area contributed by atoms with Crippen LogP contribution in [0.3, 0.4) is 0 Å². The Morgan fingerprint density at radius 2 is 2.00 bits per heavy atom. The van der Waals surface area contributed by atoms with Gasteiger partial charge in [-0.1, -0.05) is 11.6 Å². The van der Waals surface area contributed by atoms with E-state index < -0.39 is 26.1 Å². The number of rotatable bonds is 2. The molecule has 15 heavy (non-hydrogen) atoms. The normalized spacial score (nSPS) is 12.1. The van der Waals surface area contributed by atoms with Crippen LogP contribution < -0.4 is 0 Å². The van der Waals surface area contributed by atoms with Crippen LogP contribution in [0, 0.1) is 3.57 Å². The van der Waals surface area contributed by atoms with Crippen molar-refractivity contribution in [3.8, 4) is 0 Å². The highest BCUT2D eigenvalue weighted by Crippen LogP contribution is 2.32. The van der Waals surface area contributed by atoms with E-state index in [1.54, 1.807) is 0 Å². The van der Waals surface area contributed by atoms with E-state index in [1.165, 1.54) is 22.6 Å². The van der Waals surface area contributed by atoms with Gasteiger partial charge in [-0.15, -0.1) is 0 Å². The second-order valence-corrected chi connectivity index (χ2v) is 6.41. The fourth-order valence-electron chi connectivity index (χ4n) is 0.857. The molecule has 0 saturated heterocycles. The van der Waals surface area contributed by atoms with Crippen molar-refractivity contribution in [1.82, 2.24) is 4.98 Å². The summed E-state index contributed by atoms with van der Waals surface area (Å²) >= 11 is 6.99. The Morgan fingerprint density at radius 3 is 2.40 bits per heavy atom. The van der Waals surface area contributed by atoms with Gasteiger partial charge in [0.25, 0.3) is 15.5 Å². The van der Waals surface area contributed by atoms with Crippen molar-refractivity contribution in [2.24, 2.45) is 0 Å². The molecule has 0 aliphatic heterocycles. The summed E-state index contributed by atoms with van der Waals surface area (Å²) < 4.78 is 47.0. The first-order valence-electron chi connectivity index (χ1n) is 3.32. The number of alkyl halides is 2. The van der Waals surface area contributed by atoms with Crippen LogP contribution in [0.25, 0.3) is 0 Å². The standard InChI is InChI=1S/C6H2Cl2F2INO2S/c7-3-1-2(11)4(5(9)10)6(12-3)15(8,13)14/h1,5H. The summed E-state index contributed by atoms with van der Waals surface area (Å²) in [5.74, 6) is 0. The number of hydrogen-bond donors (Lipinski definition) is 0. The number of hydrogen-bond acceptors (Lipinski definition) is 3. The molecule has 0 aliphatic rings. The average molecular weight is 388 g/mol. The molecule has 0 bridgehead atoms. The highest BCUT2D eigenvalue weighted by atomic mass is 127. The third-order valence-corrected chi connectivity index (χ3v) is 3.69. The predicted octanol–water partition coefficient (Wildman–Crippen LogP) is 3.20. The maximum absolute atomic E-state index is 12.5. The minimum atomic E-state index is -4.33. The molecule has 1 heterocycles. The molecule has 3 nitrogen and oxygen atoms in total. The van der Waals surface area contributed by atoms with E-state index in [4.69, 9.17) is 22.3 Å². The highest BCUT2D eigenvalue weighted by molar-refractivity contribution is 14.1. The molecule has 0 amide bonds. The van der Waals surface area contributed by atoms with E-state index in [0.717, 1.165) is 6.07 Å². The lowest BCUT2D eigenvalue weighted by Gasteiger charge is -2.07. The number of pyridine rings is 1. The Hall–Kier alpha value is 0.270. The quantitative estimate of drug-likeness (QED) is 0.444. The fraction of sp³-hybridized carbons (Fsp3) is 0.167. The van der Waals surface area contributed by atoms with Crippen LogP contribution in [0.4, 0.5) is 8.78 Å². The van der Waals surface area contributed by atoms with Crippen LogP contribution in [0.1, 0.15) is 12.0 Å². The number of aromatic nitrogens is 1. The Morgan fingerprint density at radius 1 is 1.47 bits per heavy atom. The van der Waals surface area contributed by atoms with Crippen LogP contribution in [-0.4, -0.2) is 13.4 Å².